The maximum atomic E-state index is 14.0. The number of carbonyl (C=O) groups excluding carboxylic acids is 1. The first-order chi connectivity index (χ1) is 14.8. The molecule has 1 aliphatic rings. The van der Waals surface area contributed by atoms with Crippen molar-refractivity contribution in [2.75, 3.05) is 27.4 Å². The number of benzene rings is 2. The Kier molecular flexibility index (Phi) is 7.01. The number of rotatable bonds is 8. The summed E-state index contributed by atoms with van der Waals surface area (Å²) in [4.78, 5) is 13.3. The van der Waals surface area contributed by atoms with Gasteiger partial charge in [-0.05, 0) is 36.2 Å². The molecule has 2 aromatic carbocycles. The molecule has 2 unspecified atom stereocenters. The van der Waals surface area contributed by atoms with Crippen molar-refractivity contribution >= 4 is 6.29 Å². The van der Waals surface area contributed by atoms with Crippen LogP contribution in [-0.4, -0.2) is 51.0 Å². The van der Waals surface area contributed by atoms with Crippen LogP contribution >= 0.6 is 0 Å². The second kappa shape index (κ2) is 9.52. The van der Waals surface area contributed by atoms with E-state index < -0.39 is 30.2 Å². The van der Waals surface area contributed by atoms with E-state index in [1.54, 1.807) is 23.1 Å². The molecule has 0 bridgehead atoms. The van der Waals surface area contributed by atoms with E-state index in [2.05, 4.69) is 4.74 Å². The minimum absolute atomic E-state index is 0.141. The molecule has 1 aliphatic heterocycles. The average molecular weight is 443 g/mol. The van der Waals surface area contributed by atoms with Crippen LogP contribution in [0.25, 0.3) is 0 Å². The van der Waals surface area contributed by atoms with Crippen molar-refractivity contribution in [2.24, 2.45) is 0 Å². The molecule has 2 aromatic rings. The van der Waals surface area contributed by atoms with Crippen molar-refractivity contribution in [3.05, 3.63) is 53.3 Å². The number of methoxy groups -OCH3 is 2. The van der Waals surface area contributed by atoms with Crippen molar-refractivity contribution in [3.8, 4) is 17.2 Å². The zero-order valence-electron chi connectivity index (χ0n) is 16.8. The summed E-state index contributed by atoms with van der Waals surface area (Å²) in [5.41, 5.74) is 1.05. The minimum atomic E-state index is -4.98. The molecule has 1 fully saturated rings. The van der Waals surface area contributed by atoms with E-state index in [-0.39, 0.29) is 19.6 Å². The molecule has 31 heavy (non-hydrogen) atoms. The number of hydrogen-bond acceptors (Lipinski definition) is 6. The molecule has 0 amide bonds. The monoisotopic (exact) mass is 443 g/mol. The smallest absolute Gasteiger partial charge is 0.496 e. The molecule has 0 saturated carbocycles. The minimum Gasteiger partial charge on any atom is -0.496 e. The van der Waals surface area contributed by atoms with E-state index >= 15 is 0 Å². The largest absolute Gasteiger partial charge is 0.573 e. The van der Waals surface area contributed by atoms with Gasteiger partial charge >= 0.3 is 6.36 Å². The van der Waals surface area contributed by atoms with Gasteiger partial charge in [-0.15, -0.1) is 13.2 Å². The first-order valence-electron chi connectivity index (χ1n) is 9.35. The summed E-state index contributed by atoms with van der Waals surface area (Å²) in [5, 5.41) is 0. The normalized spacial score (nSPS) is 19.3. The lowest BCUT2D eigenvalue weighted by Crippen LogP contribution is -2.35. The molecule has 3 rings (SSSR count). The Balaban J connectivity index is 1.81. The highest BCUT2D eigenvalue weighted by molar-refractivity contribution is 5.59. The maximum Gasteiger partial charge on any atom is 0.573 e. The third-order valence-electron chi connectivity index (χ3n) is 4.90. The predicted octanol–water partition coefficient (Wildman–Crippen LogP) is 3.88. The van der Waals surface area contributed by atoms with Crippen molar-refractivity contribution in [2.45, 2.75) is 25.1 Å². The fourth-order valence-electron chi connectivity index (χ4n) is 3.49. The van der Waals surface area contributed by atoms with Crippen LogP contribution in [0.3, 0.4) is 0 Å². The molecule has 2 atom stereocenters. The summed E-state index contributed by atoms with van der Waals surface area (Å²) in [6.45, 7) is 0.413. The number of hydrogen-bond donors (Lipinski definition) is 0. The van der Waals surface area contributed by atoms with Crippen LogP contribution in [0.4, 0.5) is 17.6 Å². The van der Waals surface area contributed by atoms with Crippen molar-refractivity contribution in [1.82, 2.24) is 4.90 Å². The standard InChI is InChI=1S/C21H21F4NO5/c1-28-17-4-3-5-18(29-2)19(17)20-26(14(11-27)12-30-20)9-8-13-6-7-16(15(22)10-13)31-21(23,24)25/h3-7,10-11,14,20H,8-9,12H2,1-2H3. The molecule has 0 spiro atoms. The van der Waals surface area contributed by atoms with Crippen LogP contribution in [0.5, 0.6) is 17.2 Å². The Labute approximate surface area is 176 Å². The zero-order chi connectivity index (χ0) is 22.6. The van der Waals surface area contributed by atoms with Gasteiger partial charge in [0, 0.05) is 6.54 Å². The molecular weight excluding hydrogens is 422 g/mol. The third kappa shape index (κ3) is 5.26. The molecule has 10 heteroatoms. The topological polar surface area (TPSA) is 57.2 Å². The lowest BCUT2D eigenvalue weighted by atomic mass is 10.1. The van der Waals surface area contributed by atoms with Crippen LogP contribution in [-0.2, 0) is 16.0 Å². The first-order valence-corrected chi connectivity index (χ1v) is 9.35. The average Bonchev–Trinajstić information content (AvgIpc) is 3.14. The van der Waals surface area contributed by atoms with E-state index in [4.69, 9.17) is 14.2 Å². The fraction of sp³-hybridized carbons (Fsp3) is 0.381. The molecule has 0 N–H and O–H groups in total. The Morgan fingerprint density at radius 2 is 1.81 bits per heavy atom. The summed E-state index contributed by atoms with van der Waals surface area (Å²) in [7, 11) is 3.00. The molecule has 1 heterocycles. The van der Waals surface area contributed by atoms with Crippen LogP contribution in [0.15, 0.2) is 36.4 Å². The number of alkyl halides is 3. The first kappa shape index (κ1) is 22.8. The Morgan fingerprint density at radius 3 is 2.35 bits per heavy atom. The summed E-state index contributed by atoms with van der Waals surface area (Å²) in [6, 6.07) is 7.92. The van der Waals surface area contributed by atoms with Gasteiger partial charge in [-0.25, -0.2) is 4.39 Å². The van der Waals surface area contributed by atoms with Gasteiger partial charge in [0.05, 0.1) is 32.4 Å². The molecule has 6 nitrogen and oxygen atoms in total. The number of aldehydes is 1. The Bertz CT molecular complexity index is 899. The summed E-state index contributed by atoms with van der Waals surface area (Å²) in [6.07, 6.45) is -4.62. The highest BCUT2D eigenvalue weighted by Gasteiger charge is 2.38. The van der Waals surface area contributed by atoms with Gasteiger partial charge in [0.2, 0.25) is 0 Å². The van der Waals surface area contributed by atoms with Gasteiger partial charge in [0.1, 0.15) is 24.0 Å². The quantitative estimate of drug-likeness (QED) is 0.456. The Morgan fingerprint density at radius 1 is 1.13 bits per heavy atom. The highest BCUT2D eigenvalue weighted by Crippen LogP contribution is 2.41. The summed E-state index contributed by atoms with van der Waals surface area (Å²) < 4.78 is 71.3. The van der Waals surface area contributed by atoms with Crippen LogP contribution < -0.4 is 14.2 Å². The van der Waals surface area contributed by atoms with Gasteiger partial charge < -0.3 is 23.7 Å². The van der Waals surface area contributed by atoms with Gasteiger partial charge in [-0.1, -0.05) is 12.1 Å². The van der Waals surface area contributed by atoms with Gasteiger partial charge in [-0.3, -0.25) is 4.90 Å². The molecular formula is C21H21F4NO5. The molecule has 1 saturated heterocycles. The van der Waals surface area contributed by atoms with Crippen LogP contribution in [0, 0.1) is 5.82 Å². The lowest BCUT2D eigenvalue weighted by Gasteiger charge is -2.28. The van der Waals surface area contributed by atoms with Crippen molar-refractivity contribution < 1.29 is 41.3 Å². The van der Waals surface area contributed by atoms with E-state index in [0.717, 1.165) is 18.4 Å². The summed E-state index contributed by atoms with van der Waals surface area (Å²) >= 11 is 0. The van der Waals surface area contributed by atoms with E-state index in [1.165, 1.54) is 20.3 Å². The zero-order valence-corrected chi connectivity index (χ0v) is 16.8. The lowest BCUT2D eigenvalue weighted by molar-refractivity contribution is -0.275. The van der Waals surface area contributed by atoms with Gasteiger partial charge in [-0.2, -0.15) is 0 Å². The number of nitrogens with zero attached hydrogens (tertiary/aromatic N) is 1. The second-order valence-electron chi connectivity index (χ2n) is 6.77. The molecule has 0 radical (unpaired) electrons. The SMILES string of the molecule is COc1cccc(OC)c1C1OCC(C=O)N1CCc1ccc(OC(F)(F)F)c(F)c1. The van der Waals surface area contributed by atoms with E-state index in [9.17, 15) is 22.4 Å². The third-order valence-corrected chi connectivity index (χ3v) is 4.90. The number of halogens is 4. The predicted molar refractivity (Wildman–Crippen MR) is 102 cm³/mol. The maximum absolute atomic E-state index is 14.0. The van der Waals surface area contributed by atoms with Crippen LogP contribution in [0.1, 0.15) is 17.4 Å². The highest BCUT2D eigenvalue weighted by atomic mass is 19.4. The van der Waals surface area contributed by atoms with Crippen molar-refractivity contribution in [3.63, 3.8) is 0 Å². The fourth-order valence-corrected chi connectivity index (χ4v) is 3.49. The van der Waals surface area contributed by atoms with E-state index in [0.29, 0.717) is 22.6 Å². The van der Waals surface area contributed by atoms with Crippen LogP contribution in [0.2, 0.25) is 0 Å². The van der Waals surface area contributed by atoms with Crippen molar-refractivity contribution in [1.29, 1.82) is 0 Å². The molecule has 0 aromatic heterocycles. The second-order valence-corrected chi connectivity index (χ2v) is 6.77. The number of carbonyl (C=O) groups is 1. The molecule has 168 valence electrons. The number of ether oxygens (including phenoxy) is 4. The van der Waals surface area contributed by atoms with Gasteiger partial charge in [0.25, 0.3) is 0 Å². The summed E-state index contributed by atoms with van der Waals surface area (Å²) in [5.74, 6) is -0.994. The van der Waals surface area contributed by atoms with Gasteiger partial charge in [0.15, 0.2) is 11.6 Å². The van der Waals surface area contributed by atoms with E-state index in [1.807, 2.05) is 0 Å². The molecule has 0 aliphatic carbocycles. The Hall–Kier alpha value is -2.85.